The van der Waals surface area contributed by atoms with E-state index in [2.05, 4.69) is 12.2 Å². The lowest BCUT2D eigenvalue weighted by atomic mass is 10.2. The van der Waals surface area contributed by atoms with Crippen LogP contribution in [-0.2, 0) is 0 Å². The summed E-state index contributed by atoms with van der Waals surface area (Å²) in [6.45, 7) is 2.86. The maximum absolute atomic E-state index is 11.9. The highest BCUT2D eigenvalue weighted by Gasteiger charge is 2.11. The van der Waals surface area contributed by atoms with Crippen LogP contribution in [0.25, 0.3) is 11.0 Å². The minimum atomic E-state index is -0.161. The number of amides is 1. The summed E-state index contributed by atoms with van der Waals surface area (Å²) in [5, 5.41) is 3.73. The molecule has 1 aromatic heterocycles. The van der Waals surface area contributed by atoms with Crippen LogP contribution < -0.4 is 11.1 Å². The zero-order valence-corrected chi connectivity index (χ0v) is 11.2. The van der Waals surface area contributed by atoms with Crippen molar-refractivity contribution in [2.45, 2.75) is 32.6 Å². The first kappa shape index (κ1) is 13.5. The summed E-state index contributed by atoms with van der Waals surface area (Å²) >= 11 is 0. The van der Waals surface area contributed by atoms with Crippen LogP contribution >= 0.6 is 0 Å². The van der Waals surface area contributed by atoms with Gasteiger partial charge >= 0.3 is 0 Å². The number of carbonyl (C=O) groups is 1. The Hall–Kier alpha value is -1.97. The first-order chi connectivity index (χ1) is 9.20. The molecule has 102 valence electrons. The summed E-state index contributed by atoms with van der Waals surface area (Å²) in [5.74, 6) is 0.183. The van der Waals surface area contributed by atoms with Gasteiger partial charge in [-0.1, -0.05) is 26.2 Å². The van der Waals surface area contributed by atoms with E-state index in [1.165, 1.54) is 12.8 Å². The summed E-state index contributed by atoms with van der Waals surface area (Å²) < 4.78 is 5.50. The third-order valence-electron chi connectivity index (χ3n) is 3.08. The number of hydrogen-bond donors (Lipinski definition) is 2. The molecule has 2 aromatic rings. The smallest absolute Gasteiger partial charge is 0.287 e. The maximum Gasteiger partial charge on any atom is 0.287 e. The van der Waals surface area contributed by atoms with Crippen LogP contribution in [-0.4, -0.2) is 12.5 Å². The molecule has 0 aliphatic carbocycles. The van der Waals surface area contributed by atoms with Crippen LogP contribution in [0.3, 0.4) is 0 Å². The van der Waals surface area contributed by atoms with Crippen molar-refractivity contribution in [1.82, 2.24) is 5.32 Å². The van der Waals surface area contributed by atoms with E-state index in [-0.39, 0.29) is 5.91 Å². The van der Waals surface area contributed by atoms with Crippen molar-refractivity contribution in [2.24, 2.45) is 0 Å². The van der Waals surface area contributed by atoms with Crippen LogP contribution in [0, 0.1) is 0 Å². The quantitative estimate of drug-likeness (QED) is 0.618. The highest BCUT2D eigenvalue weighted by molar-refractivity contribution is 5.96. The van der Waals surface area contributed by atoms with Crippen molar-refractivity contribution in [3.05, 3.63) is 30.0 Å². The molecule has 19 heavy (non-hydrogen) atoms. The highest BCUT2D eigenvalue weighted by atomic mass is 16.3. The van der Waals surface area contributed by atoms with Gasteiger partial charge in [0.1, 0.15) is 5.58 Å². The van der Waals surface area contributed by atoms with E-state index in [1.54, 1.807) is 24.3 Å². The molecule has 0 unspecified atom stereocenters. The van der Waals surface area contributed by atoms with Crippen molar-refractivity contribution in [1.29, 1.82) is 0 Å². The van der Waals surface area contributed by atoms with Gasteiger partial charge in [0.15, 0.2) is 5.76 Å². The van der Waals surface area contributed by atoms with E-state index in [9.17, 15) is 4.79 Å². The van der Waals surface area contributed by atoms with Crippen LogP contribution in [0.2, 0.25) is 0 Å². The second-order valence-electron chi connectivity index (χ2n) is 4.72. The molecular formula is C15H20N2O2. The standard InChI is InChI=1S/C15H20N2O2/c1-2-3-4-5-8-17-15(18)14-10-11-9-12(16)6-7-13(11)19-14/h6-7,9-10H,2-5,8,16H2,1H3,(H,17,18). The fourth-order valence-electron chi connectivity index (χ4n) is 2.01. The minimum Gasteiger partial charge on any atom is -0.451 e. The Morgan fingerprint density at radius 2 is 2.11 bits per heavy atom. The van der Waals surface area contributed by atoms with E-state index >= 15 is 0 Å². The number of nitrogens with one attached hydrogen (secondary N) is 1. The van der Waals surface area contributed by atoms with Gasteiger partial charge in [-0.05, 0) is 30.7 Å². The van der Waals surface area contributed by atoms with E-state index in [1.807, 2.05) is 0 Å². The molecule has 2 rings (SSSR count). The molecule has 0 atom stereocenters. The monoisotopic (exact) mass is 260 g/mol. The zero-order chi connectivity index (χ0) is 13.7. The third kappa shape index (κ3) is 3.50. The zero-order valence-electron chi connectivity index (χ0n) is 11.2. The van der Waals surface area contributed by atoms with Crippen LogP contribution in [0.5, 0.6) is 0 Å². The molecule has 0 saturated carbocycles. The summed E-state index contributed by atoms with van der Waals surface area (Å²) in [6, 6.07) is 7.07. The van der Waals surface area contributed by atoms with Gasteiger partial charge in [0, 0.05) is 17.6 Å². The van der Waals surface area contributed by atoms with Gasteiger partial charge in [-0.2, -0.15) is 0 Å². The van der Waals surface area contributed by atoms with Gasteiger partial charge in [-0.25, -0.2) is 0 Å². The van der Waals surface area contributed by atoms with Crippen LogP contribution in [0.1, 0.15) is 43.2 Å². The van der Waals surface area contributed by atoms with Gasteiger partial charge in [-0.3, -0.25) is 4.79 Å². The van der Waals surface area contributed by atoms with Gasteiger partial charge in [0.2, 0.25) is 0 Å². The number of nitrogens with two attached hydrogens (primary N) is 1. The largest absolute Gasteiger partial charge is 0.451 e. The first-order valence-electron chi connectivity index (χ1n) is 6.78. The predicted octanol–water partition coefficient (Wildman–Crippen LogP) is 3.33. The van der Waals surface area contributed by atoms with Crippen molar-refractivity contribution < 1.29 is 9.21 Å². The number of furan rings is 1. The highest BCUT2D eigenvalue weighted by Crippen LogP contribution is 2.21. The molecular weight excluding hydrogens is 240 g/mol. The molecule has 0 aliphatic heterocycles. The third-order valence-corrected chi connectivity index (χ3v) is 3.08. The number of hydrogen-bond acceptors (Lipinski definition) is 3. The number of unbranched alkanes of at least 4 members (excludes halogenated alkanes) is 3. The molecule has 0 radical (unpaired) electrons. The maximum atomic E-state index is 11.9. The van der Waals surface area contributed by atoms with E-state index in [0.29, 0.717) is 23.6 Å². The van der Waals surface area contributed by atoms with Crippen LogP contribution in [0.15, 0.2) is 28.7 Å². The number of carbonyl (C=O) groups excluding carboxylic acids is 1. The molecule has 0 saturated heterocycles. The SMILES string of the molecule is CCCCCCNC(=O)c1cc2cc(N)ccc2o1. The second-order valence-corrected chi connectivity index (χ2v) is 4.72. The summed E-state index contributed by atoms with van der Waals surface area (Å²) in [4.78, 5) is 11.9. The lowest BCUT2D eigenvalue weighted by Crippen LogP contribution is -2.23. The first-order valence-corrected chi connectivity index (χ1v) is 6.78. The van der Waals surface area contributed by atoms with Crippen LogP contribution in [0.4, 0.5) is 5.69 Å². The van der Waals surface area contributed by atoms with Gasteiger partial charge in [-0.15, -0.1) is 0 Å². The molecule has 0 aliphatic rings. The fraction of sp³-hybridized carbons (Fsp3) is 0.400. The molecule has 0 spiro atoms. The van der Waals surface area contributed by atoms with Gasteiger partial charge < -0.3 is 15.5 Å². The molecule has 3 N–H and O–H groups in total. The van der Waals surface area contributed by atoms with E-state index in [0.717, 1.165) is 18.2 Å². The van der Waals surface area contributed by atoms with E-state index in [4.69, 9.17) is 10.2 Å². The molecule has 4 heteroatoms. The summed E-state index contributed by atoms with van der Waals surface area (Å²) in [5.41, 5.74) is 7.05. The van der Waals surface area contributed by atoms with Crippen molar-refractivity contribution in [3.63, 3.8) is 0 Å². The lowest BCUT2D eigenvalue weighted by Gasteiger charge is -2.02. The summed E-state index contributed by atoms with van der Waals surface area (Å²) in [7, 11) is 0. The fourth-order valence-corrected chi connectivity index (χ4v) is 2.01. The average Bonchev–Trinajstić information content (AvgIpc) is 2.81. The van der Waals surface area contributed by atoms with Crippen molar-refractivity contribution >= 4 is 22.6 Å². The Labute approximate surface area is 113 Å². The molecule has 1 amide bonds. The average molecular weight is 260 g/mol. The molecule has 4 nitrogen and oxygen atoms in total. The van der Waals surface area contributed by atoms with Crippen molar-refractivity contribution in [2.75, 3.05) is 12.3 Å². The molecule has 1 heterocycles. The molecule has 0 fully saturated rings. The number of fused-ring (bicyclic) bond motifs is 1. The Morgan fingerprint density at radius 1 is 1.26 bits per heavy atom. The normalized spacial score (nSPS) is 10.8. The van der Waals surface area contributed by atoms with E-state index < -0.39 is 0 Å². The topological polar surface area (TPSA) is 68.3 Å². The predicted molar refractivity (Wildman–Crippen MR) is 77.1 cm³/mol. The number of anilines is 1. The Bertz CT molecular complexity index is 560. The molecule has 0 bridgehead atoms. The molecule has 1 aromatic carbocycles. The van der Waals surface area contributed by atoms with Gasteiger partial charge in [0.25, 0.3) is 5.91 Å². The Balaban J connectivity index is 1.94. The van der Waals surface area contributed by atoms with Gasteiger partial charge in [0.05, 0.1) is 0 Å². The van der Waals surface area contributed by atoms with Crippen molar-refractivity contribution in [3.8, 4) is 0 Å². The number of benzene rings is 1. The Morgan fingerprint density at radius 3 is 2.89 bits per heavy atom. The number of rotatable bonds is 6. The Kier molecular flexibility index (Phi) is 4.44. The summed E-state index contributed by atoms with van der Waals surface area (Å²) in [6.07, 6.45) is 4.55. The second kappa shape index (κ2) is 6.27. The lowest BCUT2D eigenvalue weighted by molar-refractivity contribution is 0.0927. The minimum absolute atomic E-state index is 0.161. The number of nitrogen functional groups attached to an aromatic ring is 1.